The molecule has 144 valence electrons. The van der Waals surface area contributed by atoms with E-state index in [2.05, 4.69) is 20.5 Å². The van der Waals surface area contributed by atoms with Crippen molar-refractivity contribution in [2.24, 2.45) is 5.10 Å². The lowest BCUT2D eigenvalue weighted by Crippen LogP contribution is -2.17. The first-order valence-corrected chi connectivity index (χ1v) is 9.33. The number of imidazole rings is 1. The van der Waals surface area contributed by atoms with Crippen molar-refractivity contribution in [2.45, 2.75) is 0 Å². The van der Waals surface area contributed by atoms with Crippen LogP contribution in [0.4, 0.5) is 0 Å². The molecule has 3 aromatic carbocycles. The van der Waals surface area contributed by atoms with Gasteiger partial charge in [0.05, 0.1) is 27.3 Å². The number of nitrogens with one attached hydrogen (secondary N) is 2. The number of hydrogen-bond donors (Lipinski definition) is 3. The molecule has 0 aliphatic heterocycles. The lowest BCUT2D eigenvalue weighted by Gasteiger charge is -2.00. The van der Waals surface area contributed by atoms with Gasteiger partial charge in [-0.2, -0.15) is 5.10 Å². The van der Waals surface area contributed by atoms with E-state index in [0.29, 0.717) is 27.5 Å². The standard InChI is InChI=1S/C21H14Cl2N4O2/c22-15-4-2-1-3-14(15)20-25-17-7-6-13(10-18(17)26-20)21(29)27-24-11-12-5-8-19(28)16(23)9-12/h1-11,28H,(H,25,26)(H,27,29)/b24-11+. The molecule has 0 unspecified atom stereocenters. The molecule has 3 N–H and O–H groups in total. The van der Waals surface area contributed by atoms with Gasteiger partial charge in [0.15, 0.2) is 0 Å². The Kier molecular flexibility index (Phi) is 5.20. The third-order valence-corrected chi connectivity index (χ3v) is 4.86. The number of carbonyl (C=O) groups excluding carboxylic acids is 1. The second kappa shape index (κ2) is 7.95. The first-order chi connectivity index (χ1) is 14.0. The van der Waals surface area contributed by atoms with E-state index in [-0.39, 0.29) is 16.7 Å². The first-order valence-electron chi connectivity index (χ1n) is 8.58. The molecule has 0 fully saturated rings. The van der Waals surface area contributed by atoms with Crippen LogP contribution < -0.4 is 5.43 Å². The van der Waals surface area contributed by atoms with Gasteiger partial charge in [-0.15, -0.1) is 0 Å². The van der Waals surface area contributed by atoms with E-state index < -0.39 is 0 Å². The van der Waals surface area contributed by atoms with Crippen molar-refractivity contribution < 1.29 is 9.90 Å². The molecule has 0 saturated heterocycles. The highest BCUT2D eigenvalue weighted by molar-refractivity contribution is 6.33. The third kappa shape index (κ3) is 4.08. The van der Waals surface area contributed by atoms with Gasteiger partial charge in [0.2, 0.25) is 0 Å². The number of amides is 1. The molecule has 6 nitrogen and oxygen atoms in total. The van der Waals surface area contributed by atoms with Crippen molar-refractivity contribution in [1.29, 1.82) is 0 Å². The van der Waals surface area contributed by atoms with Crippen LogP contribution in [0, 0.1) is 0 Å². The van der Waals surface area contributed by atoms with E-state index in [1.54, 1.807) is 36.4 Å². The Bertz CT molecular complexity index is 1250. The second-order valence-corrected chi connectivity index (χ2v) is 7.02. The molecule has 4 rings (SSSR count). The summed E-state index contributed by atoms with van der Waals surface area (Å²) in [6.07, 6.45) is 1.44. The Labute approximate surface area is 175 Å². The maximum absolute atomic E-state index is 12.4. The SMILES string of the molecule is O=C(N/N=C/c1ccc(O)c(Cl)c1)c1ccc2nc(-c3ccccc3Cl)[nH]c2c1. The van der Waals surface area contributed by atoms with Gasteiger partial charge in [0, 0.05) is 11.1 Å². The zero-order valence-electron chi connectivity index (χ0n) is 14.9. The number of rotatable bonds is 4. The summed E-state index contributed by atoms with van der Waals surface area (Å²) in [5.41, 5.74) is 5.74. The molecule has 0 atom stereocenters. The molecule has 1 aromatic heterocycles. The maximum atomic E-state index is 12.4. The summed E-state index contributed by atoms with van der Waals surface area (Å²) in [7, 11) is 0. The summed E-state index contributed by atoms with van der Waals surface area (Å²) in [6.45, 7) is 0. The van der Waals surface area contributed by atoms with Crippen LogP contribution in [-0.2, 0) is 0 Å². The van der Waals surface area contributed by atoms with Gasteiger partial charge in [-0.25, -0.2) is 10.4 Å². The fourth-order valence-electron chi connectivity index (χ4n) is 2.77. The minimum absolute atomic E-state index is 0.0168. The van der Waals surface area contributed by atoms with E-state index in [1.165, 1.54) is 12.3 Å². The number of nitrogens with zero attached hydrogens (tertiary/aromatic N) is 2. The normalized spacial score (nSPS) is 11.2. The summed E-state index contributed by atoms with van der Waals surface area (Å²) in [4.78, 5) is 20.1. The fraction of sp³-hybridized carbons (Fsp3) is 0. The van der Waals surface area contributed by atoms with Crippen molar-refractivity contribution in [2.75, 3.05) is 0 Å². The summed E-state index contributed by atoms with van der Waals surface area (Å²) >= 11 is 12.1. The van der Waals surface area contributed by atoms with Gasteiger partial charge in [0.25, 0.3) is 5.91 Å². The largest absolute Gasteiger partial charge is 0.506 e. The van der Waals surface area contributed by atoms with Crippen LogP contribution in [0.3, 0.4) is 0 Å². The van der Waals surface area contributed by atoms with Crippen molar-refractivity contribution in [1.82, 2.24) is 15.4 Å². The average molecular weight is 425 g/mol. The molecule has 0 aliphatic rings. The number of aromatic hydroxyl groups is 1. The van der Waals surface area contributed by atoms with Crippen LogP contribution in [0.25, 0.3) is 22.4 Å². The van der Waals surface area contributed by atoms with Gasteiger partial charge in [-0.1, -0.05) is 35.3 Å². The van der Waals surface area contributed by atoms with Crippen LogP contribution in [0.2, 0.25) is 10.0 Å². The topological polar surface area (TPSA) is 90.4 Å². The van der Waals surface area contributed by atoms with Crippen molar-refractivity contribution in [3.63, 3.8) is 0 Å². The predicted molar refractivity (Wildman–Crippen MR) is 115 cm³/mol. The highest BCUT2D eigenvalue weighted by atomic mass is 35.5. The Morgan fingerprint density at radius 3 is 2.69 bits per heavy atom. The minimum Gasteiger partial charge on any atom is -0.506 e. The molecule has 0 radical (unpaired) electrons. The average Bonchev–Trinajstić information content (AvgIpc) is 3.14. The number of aromatic nitrogens is 2. The molecule has 0 spiro atoms. The van der Waals surface area contributed by atoms with Crippen molar-refractivity contribution in [3.8, 4) is 17.1 Å². The van der Waals surface area contributed by atoms with E-state index in [9.17, 15) is 9.90 Å². The number of carbonyl (C=O) groups is 1. The highest BCUT2D eigenvalue weighted by Gasteiger charge is 2.11. The Hall–Kier alpha value is -3.35. The van der Waals surface area contributed by atoms with Gasteiger partial charge >= 0.3 is 0 Å². The number of H-pyrrole nitrogens is 1. The van der Waals surface area contributed by atoms with Crippen LogP contribution in [0.5, 0.6) is 5.75 Å². The number of phenolic OH excluding ortho intramolecular Hbond substituents is 1. The summed E-state index contributed by atoms with van der Waals surface area (Å²) < 4.78 is 0. The molecular formula is C21H14Cl2N4O2. The lowest BCUT2D eigenvalue weighted by atomic mass is 10.2. The molecular weight excluding hydrogens is 411 g/mol. The van der Waals surface area contributed by atoms with E-state index in [4.69, 9.17) is 23.2 Å². The Balaban J connectivity index is 1.53. The summed E-state index contributed by atoms with van der Waals surface area (Å²) in [5.74, 6) is 0.240. The Morgan fingerprint density at radius 1 is 1.07 bits per heavy atom. The molecule has 4 aromatic rings. The number of benzene rings is 3. The third-order valence-electron chi connectivity index (χ3n) is 4.22. The Morgan fingerprint density at radius 2 is 1.90 bits per heavy atom. The summed E-state index contributed by atoms with van der Waals surface area (Å²) in [5, 5.41) is 14.1. The first kappa shape index (κ1) is 19.0. The number of phenols is 1. The van der Waals surface area contributed by atoms with Gasteiger partial charge in [-0.05, 0) is 54.1 Å². The summed E-state index contributed by atoms with van der Waals surface area (Å²) in [6, 6.07) is 17.1. The molecule has 1 heterocycles. The van der Waals surface area contributed by atoms with E-state index >= 15 is 0 Å². The van der Waals surface area contributed by atoms with Gasteiger partial charge < -0.3 is 10.1 Å². The van der Waals surface area contributed by atoms with Crippen LogP contribution in [0.1, 0.15) is 15.9 Å². The van der Waals surface area contributed by atoms with Crippen molar-refractivity contribution in [3.05, 3.63) is 81.8 Å². The van der Waals surface area contributed by atoms with Crippen LogP contribution >= 0.6 is 23.2 Å². The maximum Gasteiger partial charge on any atom is 0.271 e. The predicted octanol–water partition coefficient (Wildman–Crippen LogP) is 5.01. The van der Waals surface area contributed by atoms with Gasteiger partial charge in [0.1, 0.15) is 11.6 Å². The number of halogens is 2. The molecule has 0 bridgehead atoms. The molecule has 1 amide bonds. The number of aromatic amines is 1. The molecule has 0 aliphatic carbocycles. The molecule has 0 saturated carbocycles. The van der Waals surface area contributed by atoms with Gasteiger partial charge in [-0.3, -0.25) is 4.79 Å². The second-order valence-electron chi connectivity index (χ2n) is 6.21. The monoisotopic (exact) mass is 424 g/mol. The quantitative estimate of drug-likeness (QED) is 0.317. The zero-order valence-corrected chi connectivity index (χ0v) is 16.4. The zero-order chi connectivity index (χ0) is 20.4. The van der Waals surface area contributed by atoms with Crippen LogP contribution in [-0.4, -0.2) is 27.2 Å². The number of hydrogen-bond acceptors (Lipinski definition) is 4. The molecule has 8 heteroatoms. The smallest absolute Gasteiger partial charge is 0.271 e. The van der Waals surface area contributed by atoms with Crippen molar-refractivity contribution >= 4 is 46.4 Å². The van der Waals surface area contributed by atoms with E-state index in [0.717, 1.165) is 11.1 Å². The lowest BCUT2D eigenvalue weighted by molar-refractivity contribution is 0.0955. The highest BCUT2D eigenvalue weighted by Crippen LogP contribution is 2.27. The number of fused-ring (bicyclic) bond motifs is 1. The van der Waals surface area contributed by atoms with E-state index in [1.807, 2.05) is 18.2 Å². The molecule has 29 heavy (non-hydrogen) atoms. The minimum atomic E-state index is -0.373. The number of hydrazone groups is 1. The fourth-order valence-corrected chi connectivity index (χ4v) is 3.18. The van der Waals surface area contributed by atoms with Crippen LogP contribution in [0.15, 0.2) is 65.8 Å².